The number of carboxylic acid groups (broad SMARTS) is 1. The third-order valence-electron chi connectivity index (χ3n) is 2.66. The highest BCUT2D eigenvalue weighted by molar-refractivity contribution is 8.16. The predicted octanol–water partition coefficient (Wildman–Crippen LogP) is -0.0927. The standard InChI is InChI=1S/C9H14N5O4P.CH3O4PS/c1-6(18-5-19(15,16)17)2-14-4-13-7-8(10)11-3-12-9(7)14;2-1(3)6(4,5)7/h3-4,6H,2,5H2,1H3,(H2,10,11,12)(H2,15,16,17);(H,2,3)(H2,4,5,7)/t6-;/m1./s1. The normalized spacial score (nSPS) is 13.1. The molecule has 2 aromatic rings. The Labute approximate surface area is 151 Å². The Kier molecular flexibility index (Phi) is 7.74. The minimum Gasteiger partial charge on any atom is -0.474 e. The van der Waals surface area contributed by atoms with E-state index in [4.69, 9.17) is 35.2 Å². The molecular formula is C10H17N5O8P2S. The van der Waals surface area contributed by atoms with Gasteiger partial charge in [0.15, 0.2) is 11.5 Å². The van der Waals surface area contributed by atoms with Crippen LogP contribution >= 0.6 is 14.1 Å². The first kappa shape index (κ1) is 22.5. The maximum absolute atomic E-state index is 10.7. The van der Waals surface area contributed by atoms with Crippen LogP contribution in [0.2, 0.25) is 0 Å². The smallest absolute Gasteiger partial charge is 0.387 e. The van der Waals surface area contributed by atoms with E-state index < -0.39 is 32.2 Å². The number of hydrogen-bond donors (Lipinski definition) is 6. The number of imidazole rings is 1. The van der Waals surface area contributed by atoms with Crippen molar-refractivity contribution in [1.82, 2.24) is 19.5 Å². The summed E-state index contributed by atoms with van der Waals surface area (Å²) in [6.07, 6.45) is 1.85. The van der Waals surface area contributed by atoms with E-state index in [0.717, 1.165) is 0 Å². The van der Waals surface area contributed by atoms with Crippen LogP contribution in [0.25, 0.3) is 11.2 Å². The SMILES string of the molecule is C[C@H](Cn1cnc2c(N)ncnc21)OCP(=O)(O)O.O=C(O)P(O)(O)=S. The molecule has 0 aromatic carbocycles. The molecule has 0 aliphatic heterocycles. The first-order valence-corrected chi connectivity index (χ1v) is 11.2. The van der Waals surface area contributed by atoms with E-state index in [-0.39, 0.29) is 5.82 Å². The zero-order valence-corrected chi connectivity index (χ0v) is 15.9. The summed E-state index contributed by atoms with van der Waals surface area (Å²) in [6.45, 7) is -1.93. The van der Waals surface area contributed by atoms with Crippen LogP contribution in [0.4, 0.5) is 10.6 Å². The number of ether oxygens (including phenoxy) is 1. The Morgan fingerprint density at radius 2 is 1.92 bits per heavy atom. The van der Waals surface area contributed by atoms with E-state index in [9.17, 15) is 9.36 Å². The third kappa shape index (κ3) is 7.40. The van der Waals surface area contributed by atoms with Crippen molar-refractivity contribution in [3.05, 3.63) is 12.7 Å². The molecule has 1 atom stereocenters. The molecular weight excluding hydrogens is 412 g/mol. The molecule has 0 amide bonds. The lowest BCUT2D eigenvalue weighted by Gasteiger charge is -2.14. The molecule has 0 unspecified atom stereocenters. The largest absolute Gasteiger partial charge is 0.474 e. The van der Waals surface area contributed by atoms with Gasteiger partial charge >= 0.3 is 13.3 Å². The van der Waals surface area contributed by atoms with E-state index in [2.05, 4.69) is 26.8 Å². The summed E-state index contributed by atoms with van der Waals surface area (Å²) >= 11 is 3.73. The van der Waals surface area contributed by atoms with Gasteiger partial charge in [0.05, 0.1) is 19.0 Å². The summed E-state index contributed by atoms with van der Waals surface area (Å²) in [7, 11) is -4.16. The fourth-order valence-electron chi connectivity index (χ4n) is 1.59. The van der Waals surface area contributed by atoms with E-state index in [1.165, 1.54) is 12.7 Å². The molecule has 0 aliphatic rings. The van der Waals surface area contributed by atoms with Crippen molar-refractivity contribution in [2.75, 3.05) is 12.1 Å². The molecule has 146 valence electrons. The quantitative estimate of drug-likeness (QED) is 0.331. The van der Waals surface area contributed by atoms with Gasteiger partial charge in [0.25, 0.3) is 6.49 Å². The second-order valence-electron chi connectivity index (χ2n) is 4.93. The number of nitrogens with two attached hydrogens (primary N) is 1. The van der Waals surface area contributed by atoms with Crippen molar-refractivity contribution < 1.29 is 38.8 Å². The van der Waals surface area contributed by atoms with Gasteiger partial charge in [-0.05, 0) is 18.7 Å². The van der Waals surface area contributed by atoms with Gasteiger partial charge in [-0.25, -0.2) is 19.7 Å². The number of nitrogens with zero attached hydrogens (tertiary/aromatic N) is 4. The van der Waals surface area contributed by atoms with Gasteiger partial charge in [-0.1, -0.05) is 0 Å². The number of hydrogen-bond acceptors (Lipinski definition) is 8. The van der Waals surface area contributed by atoms with Crippen LogP contribution in [0.5, 0.6) is 0 Å². The highest BCUT2D eigenvalue weighted by Gasteiger charge is 2.17. The van der Waals surface area contributed by atoms with Gasteiger partial charge in [-0.2, -0.15) is 0 Å². The van der Waals surface area contributed by atoms with Crippen molar-refractivity contribution in [3.63, 3.8) is 0 Å². The summed E-state index contributed by atoms with van der Waals surface area (Å²) in [4.78, 5) is 54.9. The second kappa shape index (κ2) is 8.93. The van der Waals surface area contributed by atoms with Crippen molar-refractivity contribution in [1.29, 1.82) is 0 Å². The first-order valence-electron chi connectivity index (χ1n) is 6.67. The molecule has 0 fully saturated rings. The highest BCUT2D eigenvalue weighted by Crippen LogP contribution is 2.35. The highest BCUT2D eigenvalue weighted by atomic mass is 32.5. The zero-order valence-electron chi connectivity index (χ0n) is 13.3. The molecule has 0 spiro atoms. The van der Waals surface area contributed by atoms with E-state index in [0.29, 0.717) is 17.7 Å². The number of nitrogen functional groups attached to an aromatic ring is 1. The summed E-state index contributed by atoms with van der Waals surface area (Å²) < 4.78 is 17.5. The monoisotopic (exact) mass is 429 g/mol. The van der Waals surface area contributed by atoms with Crippen LogP contribution in [0.1, 0.15) is 6.92 Å². The average Bonchev–Trinajstić information content (AvgIpc) is 2.89. The maximum Gasteiger partial charge on any atom is 0.387 e. The predicted molar refractivity (Wildman–Crippen MR) is 93.9 cm³/mol. The third-order valence-corrected chi connectivity index (χ3v) is 4.11. The molecule has 0 saturated carbocycles. The van der Waals surface area contributed by atoms with Gasteiger partial charge in [-0.3, -0.25) is 4.57 Å². The molecule has 26 heavy (non-hydrogen) atoms. The second-order valence-corrected chi connectivity index (χ2v) is 9.51. The molecule has 0 saturated heterocycles. The minimum atomic E-state index is -4.16. The van der Waals surface area contributed by atoms with Crippen molar-refractivity contribution >= 4 is 48.6 Å². The van der Waals surface area contributed by atoms with Gasteiger partial charge in [0, 0.05) is 0 Å². The minimum absolute atomic E-state index is 0.285. The topological polar surface area (TPSA) is 214 Å². The Morgan fingerprint density at radius 1 is 1.35 bits per heavy atom. The van der Waals surface area contributed by atoms with Crippen LogP contribution in [-0.4, -0.2) is 62.4 Å². The average molecular weight is 429 g/mol. The van der Waals surface area contributed by atoms with Crippen LogP contribution in [-0.2, 0) is 27.7 Å². The number of aromatic nitrogens is 4. The Bertz CT molecular complexity index is 864. The lowest BCUT2D eigenvalue weighted by molar-refractivity contribution is 0.0764. The number of rotatable bonds is 6. The van der Waals surface area contributed by atoms with Gasteiger partial charge in [-0.15, -0.1) is 0 Å². The summed E-state index contributed by atoms with van der Waals surface area (Å²) in [5.41, 5.74) is 4.98. The molecule has 0 radical (unpaired) electrons. The van der Waals surface area contributed by atoms with Crippen molar-refractivity contribution in [3.8, 4) is 0 Å². The van der Waals surface area contributed by atoms with Crippen LogP contribution in [0.15, 0.2) is 12.7 Å². The van der Waals surface area contributed by atoms with Gasteiger partial charge in [0.1, 0.15) is 18.2 Å². The maximum atomic E-state index is 10.7. The van der Waals surface area contributed by atoms with E-state index in [1.807, 2.05) is 0 Å². The fourth-order valence-corrected chi connectivity index (χ4v) is 2.04. The summed E-state index contributed by atoms with van der Waals surface area (Å²) in [5.74, 6) is 0.285. The van der Waals surface area contributed by atoms with Crippen molar-refractivity contribution in [2.45, 2.75) is 19.6 Å². The first-order chi connectivity index (χ1) is 11.8. The van der Waals surface area contributed by atoms with Crippen molar-refractivity contribution in [2.24, 2.45) is 0 Å². The zero-order chi connectivity index (χ0) is 20.1. The Morgan fingerprint density at radius 3 is 2.42 bits per heavy atom. The molecule has 13 nitrogen and oxygen atoms in total. The van der Waals surface area contributed by atoms with E-state index >= 15 is 0 Å². The van der Waals surface area contributed by atoms with Gasteiger partial charge < -0.3 is 39.7 Å². The molecule has 2 rings (SSSR count). The molecule has 2 aromatic heterocycles. The lowest BCUT2D eigenvalue weighted by Crippen LogP contribution is -2.17. The van der Waals surface area contributed by atoms with E-state index in [1.54, 1.807) is 11.5 Å². The number of fused-ring (bicyclic) bond motifs is 1. The number of carbonyl (C=O) groups is 1. The Balaban J connectivity index is 0.000000412. The van der Waals surface area contributed by atoms with Crippen LogP contribution in [0.3, 0.4) is 0 Å². The molecule has 7 N–H and O–H groups in total. The molecule has 0 bridgehead atoms. The Hall–Kier alpha value is -1.50. The molecule has 16 heteroatoms. The molecule has 2 heterocycles. The summed E-state index contributed by atoms with van der Waals surface area (Å²) in [6, 6.07) is 0. The number of anilines is 1. The van der Waals surface area contributed by atoms with Crippen LogP contribution in [0, 0.1) is 0 Å². The molecule has 0 aliphatic carbocycles. The lowest BCUT2D eigenvalue weighted by atomic mass is 10.4. The fraction of sp³-hybridized carbons (Fsp3) is 0.400. The van der Waals surface area contributed by atoms with Gasteiger partial charge in [0.2, 0.25) is 0 Å². The van der Waals surface area contributed by atoms with Crippen LogP contribution < -0.4 is 5.73 Å². The summed E-state index contributed by atoms with van der Waals surface area (Å²) in [5, 5.41) is 7.70.